The molecule has 0 aliphatic heterocycles. The Kier molecular flexibility index (Phi) is 10.3. The molecule has 3 heteroatoms. The van der Waals surface area contributed by atoms with E-state index in [1.807, 2.05) is 7.11 Å². The Morgan fingerprint density at radius 3 is 1.86 bits per heavy atom. The highest BCUT2D eigenvalue weighted by Crippen LogP contribution is 2.39. The lowest BCUT2D eigenvalue weighted by Gasteiger charge is -2.46. The number of hydrazine groups is 1. The van der Waals surface area contributed by atoms with Gasteiger partial charge in [-0.15, -0.1) is 0 Å². The third-order valence-corrected chi connectivity index (χ3v) is 5.29. The van der Waals surface area contributed by atoms with Crippen LogP contribution in [0.1, 0.15) is 96.8 Å². The first-order chi connectivity index (χ1) is 10.3. The zero-order valence-corrected chi connectivity index (χ0v) is 14.5. The number of nitrogens with one attached hydrogen (secondary N) is 1. The molecule has 0 radical (unpaired) electrons. The molecule has 0 aromatic rings. The summed E-state index contributed by atoms with van der Waals surface area (Å²) in [5.74, 6) is 5.73. The fourth-order valence-corrected chi connectivity index (χ4v) is 3.55. The number of ether oxygens (including phenoxy) is 1. The summed E-state index contributed by atoms with van der Waals surface area (Å²) in [6.45, 7) is 2.28. The Bertz CT molecular complexity index is 236. The van der Waals surface area contributed by atoms with Crippen molar-refractivity contribution < 1.29 is 4.74 Å². The maximum Gasteiger partial charge on any atom is 0.0844 e. The number of unbranched alkanes of at least 4 members (excludes halogenated alkanes) is 9. The molecule has 0 bridgehead atoms. The van der Waals surface area contributed by atoms with Crippen molar-refractivity contribution in [3.05, 3.63) is 0 Å². The maximum atomic E-state index is 5.73. The fourth-order valence-electron chi connectivity index (χ4n) is 3.55. The van der Waals surface area contributed by atoms with Crippen LogP contribution in [0.4, 0.5) is 0 Å². The lowest BCUT2D eigenvalue weighted by Crippen LogP contribution is -2.58. The standard InChI is InChI=1S/C18H38N2O/c1-3-4-5-6-7-8-9-10-11-12-14-17(20-19)18(21-2)15-13-16-18/h17,20H,3-16,19H2,1-2H3. The van der Waals surface area contributed by atoms with Crippen molar-refractivity contribution in [2.24, 2.45) is 5.84 Å². The van der Waals surface area contributed by atoms with E-state index in [1.54, 1.807) is 0 Å². The van der Waals surface area contributed by atoms with Gasteiger partial charge in [-0.25, -0.2) is 0 Å². The van der Waals surface area contributed by atoms with Gasteiger partial charge in [0.15, 0.2) is 0 Å². The first kappa shape index (κ1) is 18.9. The molecule has 0 aromatic heterocycles. The summed E-state index contributed by atoms with van der Waals surface area (Å²) < 4.78 is 5.73. The smallest absolute Gasteiger partial charge is 0.0844 e. The van der Waals surface area contributed by atoms with Crippen LogP contribution in [-0.2, 0) is 4.74 Å². The van der Waals surface area contributed by atoms with Crippen molar-refractivity contribution in [2.45, 2.75) is 108 Å². The Morgan fingerprint density at radius 1 is 0.952 bits per heavy atom. The summed E-state index contributed by atoms with van der Waals surface area (Å²) in [5.41, 5.74) is 3.04. The van der Waals surface area contributed by atoms with E-state index < -0.39 is 0 Å². The van der Waals surface area contributed by atoms with Crippen molar-refractivity contribution in [3.63, 3.8) is 0 Å². The molecular formula is C18H38N2O. The molecule has 0 heterocycles. The average molecular weight is 299 g/mol. The van der Waals surface area contributed by atoms with Crippen LogP contribution < -0.4 is 11.3 Å². The third-order valence-electron chi connectivity index (χ3n) is 5.29. The summed E-state index contributed by atoms with van der Waals surface area (Å²) in [4.78, 5) is 0. The third kappa shape index (κ3) is 6.66. The average Bonchev–Trinajstić information content (AvgIpc) is 2.46. The van der Waals surface area contributed by atoms with Gasteiger partial charge in [0, 0.05) is 7.11 Å². The van der Waals surface area contributed by atoms with E-state index in [1.165, 1.54) is 70.6 Å². The van der Waals surface area contributed by atoms with E-state index in [0.717, 1.165) is 19.3 Å². The van der Waals surface area contributed by atoms with Crippen molar-refractivity contribution in [3.8, 4) is 0 Å². The minimum atomic E-state index is 0.0357. The zero-order chi connectivity index (χ0) is 15.4. The largest absolute Gasteiger partial charge is 0.377 e. The number of methoxy groups -OCH3 is 1. The van der Waals surface area contributed by atoms with Gasteiger partial charge in [-0.05, 0) is 25.7 Å². The molecule has 3 N–H and O–H groups in total. The predicted octanol–water partition coefficient (Wildman–Crippen LogP) is 4.70. The van der Waals surface area contributed by atoms with E-state index in [4.69, 9.17) is 10.6 Å². The van der Waals surface area contributed by atoms with Crippen LogP contribution in [0, 0.1) is 0 Å². The highest BCUT2D eigenvalue weighted by molar-refractivity contribution is 4.98. The number of hydrogen-bond donors (Lipinski definition) is 2. The molecule has 1 atom stereocenters. The molecular weight excluding hydrogens is 260 g/mol. The topological polar surface area (TPSA) is 47.3 Å². The highest BCUT2D eigenvalue weighted by atomic mass is 16.5. The van der Waals surface area contributed by atoms with Gasteiger partial charge in [-0.2, -0.15) is 0 Å². The predicted molar refractivity (Wildman–Crippen MR) is 91.2 cm³/mol. The summed E-state index contributed by atoms with van der Waals surface area (Å²) in [6, 6.07) is 0.338. The number of rotatable bonds is 14. The van der Waals surface area contributed by atoms with E-state index in [0.29, 0.717) is 6.04 Å². The van der Waals surface area contributed by atoms with Gasteiger partial charge in [0.05, 0.1) is 11.6 Å². The van der Waals surface area contributed by atoms with E-state index in [2.05, 4.69) is 12.3 Å². The Morgan fingerprint density at radius 2 is 1.48 bits per heavy atom. The van der Waals surface area contributed by atoms with Crippen LogP contribution >= 0.6 is 0 Å². The second kappa shape index (κ2) is 11.4. The minimum Gasteiger partial charge on any atom is -0.377 e. The van der Waals surface area contributed by atoms with Gasteiger partial charge in [0.1, 0.15) is 0 Å². The summed E-state index contributed by atoms with van der Waals surface area (Å²) in [7, 11) is 1.84. The summed E-state index contributed by atoms with van der Waals surface area (Å²) in [6.07, 6.45) is 18.6. The molecule has 1 rings (SSSR count). The molecule has 0 aromatic carbocycles. The second-order valence-electron chi connectivity index (χ2n) is 6.81. The molecule has 21 heavy (non-hydrogen) atoms. The molecule has 1 aliphatic rings. The fraction of sp³-hybridized carbons (Fsp3) is 1.00. The highest BCUT2D eigenvalue weighted by Gasteiger charge is 2.43. The van der Waals surface area contributed by atoms with Crippen LogP contribution in [0.25, 0.3) is 0 Å². The van der Waals surface area contributed by atoms with E-state index >= 15 is 0 Å². The number of hydrogen-bond acceptors (Lipinski definition) is 3. The van der Waals surface area contributed by atoms with Gasteiger partial charge >= 0.3 is 0 Å². The lowest BCUT2D eigenvalue weighted by molar-refractivity contribution is -0.100. The van der Waals surface area contributed by atoms with Crippen molar-refractivity contribution in [1.29, 1.82) is 0 Å². The lowest BCUT2D eigenvalue weighted by atomic mass is 9.73. The normalized spacial score (nSPS) is 18.4. The van der Waals surface area contributed by atoms with E-state index in [9.17, 15) is 0 Å². The first-order valence-electron chi connectivity index (χ1n) is 9.30. The van der Waals surface area contributed by atoms with Crippen molar-refractivity contribution in [1.82, 2.24) is 5.43 Å². The zero-order valence-electron chi connectivity index (χ0n) is 14.5. The molecule has 1 aliphatic carbocycles. The molecule has 0 spiro atoms. The van der Waals surface area contributed by atoms with E-state index in [-0.39, 0.29) is 5.60 Å². The number of nitrogens with two attached hydrogens (primary N) is 1. The van der Waals surface area contributed by atoms with Crippen LogP contribution in [0.5, 0.6) is 0 Å². The molecule has 1 saturated carbocycles. The first-order valence-corrected chi connectivity index (χ1v) is 9.30. The van der Waals surface area contributed by atoms with Gasteiger partial charge in [0.25, 0.3) is 0 Å². The van der Waals surface area contributed by atoms with Gasteiger partial charge in [-0.1, -0.05) is 71.1 Å². The molecule has 1 unspecified atom stereocenters. The Hall–Kier alpha value is -0.120. The van der Waals surface area contributed by atoms with Crippen LogP contribution in [0.15, 0.2) is 0 Å². The molecule has 0 amide bonds. The summed E-state index contributed by atoms with van der Waals surface area (Å²) in [5, 5.41) is 0. The maximum absolute atomic E-state index is 5.73. The summed E-state index contributed by atoms with van der Waals surface area (Å²) >= 11 is 0. The Labute approximate surface area is 132 Å². The van der Waals surface area contributed by atoms with Crippen LogP contribution in [-0.4, -0.2) is 18.8 Å². The quantitative estimate of drug-likeness (QED) is 0.278. The SMILES string of the molecule is CCCCCCCCCCCCC(NN)C1(OC)CCC1. The minimum absolute atomic E-state index is 0.0357. The molecule has 126 valence electrons. The molecule has 3 nitrogen and oxygen atoms in total. The molecule has 1 fully saturated rings. The van der Waals surface area contributed by atoms with Crippen LogP contribution in [0.3, 0.4) is 0 Å². The van der Waals surface area contributed by atoms with Crippen molar-refractivity contribution >= 4 is 0 Å². The van der Waals surface area contributed by atoms with Gasteiger partial charge in [0.2, 0.25) is 0 Å². The van der Waals surface area contributed by atoms with Gasteiger partial charge in [-0.3, -0.25) is 11.3 Å². The monoisotopic (exact) mass is 298 g/mol. The van der Waals surface area contributed by atoms with Crippen LogP contribution in [0.2, 0.25) is 0 Å². The van der Waals surface area contributed by atoms with Crippen molar-refractivity contribution in [2.75, 3.05) is 7.11 Å². The van der Waals surface area contributed by atoms with Gasteiger partial charge < -0.3 is 4.74 Å². The second-order valence-corrected chi connectivity index (χ2v) is 6.81. The Balaban J connectivity index is 1.95. The molecule has 0 saturated heterocycles.